The van der Waals surface area contributed by atoms with Gasteiger partial charge in [0.25, 0.3) is 0 Å². The molecule has 0 spiro atoms. The van der Waals surface area contributed by atoms with Crippen molar-refractivity contribution in [1.82, 2.24) is 0 Å². The van der Waals surface area contributed by atoms with Gasteiger partial charge in [-0.25, -0.2) is 0 Å². The summed E-state index contributed by atoms with van der Waals surface area (Å²) in [4.78, 5) is 11.4. The van der Waals surface area contributed by atoms with Crippen LogP contribution in [0.3, 0.4) is 0 Å². The van der Waals surface area contributed by atoms with Crippen molar-refractivity contribution in [2.75, 3.05) is 6.61 Å². The number of carbonyl (C=O) groups is 1. The van der Waals surface area contributed by atoms with E-state index in [1.807, 2.05) is 0 Å². The van der Waals surface area contributed by atoms with E-state index in [1.165, 1.54) is 12.0 Å². The molecule has 0 aromatic heterocycles. The van der Waals surface area contributed by atoms with E-state index in [4.69, 9.17) is 5.11 Å². The normalized spacial score (nSPS) is 30.2. The molecule has 2 atom stereocenters. The van der Waals surface area contributed by atoms with E-state index in [2.05, 4.69) is 6.08 Å². The molecule has 0 radical (unpaired) electrons. The first kappa shape index (κ1) is 10.9. The van der Waals surface area contributed by atoms with Crippen LogP contribution in [0.1, 0.15) is 44.9 Å². The van der Waals surface area contributed by atoms with E-state index in [9.17, 15) is 4.79 Å². The van der Waals surface area contributed by atoms with E-state index in [0.29, 0.717) is 24.2 Å². The van der Waals surface area contributed by atoms with E-state index >= 15 is 0 Å². The van der Waals surface area contributed by atoms with Crippen LogP contribution < -0.4 is 0 Å². The predicted octanol–water partition coefficient (Wildman–Crippen LogP) is 2.46. The Morgan fingerprint density at radius 3 is 2.87 bits per heavy atom. The molecule has 0 aliphatic heterocycles. The lowest BCUT2D eigenvalue weighted by Gasteiger charge is -2.32. The summed E-state index contributed by atoms with van der Waals surface area (Å²) >= 11 is 0. The zero-order valence-corrected chi connectivity index (χ0v) is 9.24. The molecule has 2 rings (SSSR count). The van der Waals surface area contributed by atoms with Crippen LogP contribution in [-0.2, 0) is 4.79 Å². The number of ketones is 1. The van der Waals surface area contributed by atoms with Gasteiger partial charge in [0.2, 0.25) is 0 Å². The standard InChI is InChI=1S/C13H20O2/c14-4-2-1-3-10-5-11-7-12(6-10)9-13(15)8-11/h5,11-12,14H,1-4,6-9H2. The Morgan fingerprint density at radius 2 is 2.13 bits per heavy atom. The van der Waals surface area contributed by atoms with E-state index < -0.39 is 0 Å². The Morgan fingerprint density at radius 1 is 1.27 bits per heavy atom. The third-order valence-electron chi connectivity index (χ3n) is 3.57. The first-order valence-corrected chi connectivity index (χ1v) is 6.10. The molecule has 0 aromatic carbocycles. The van der Waals surface area contributed by atoms with E-state index in [-0.39, 0.29) is 0 Å². The third-order valence-corrected chi connectivity index (χ3v) is 3.57. The van der Waals surface area contributed by atoms with Gasteiger partial charge in [-0.15, -0.1) is 0 Å². The number of aliphatic hydroxyl groups is 1. The monoisotopic (exact) mass is 208 g/mol. The molecule has 1 fully saturated rings. The Labute approximate surface area is 91.4 Å². The molecule has 0 amide bonds. The van der Waals surface area contributed by atoms with Crippen LogP contribution in [0.25, 0.3) is 0 Å². The van der Waals surface area contributed by atoms with Gasteiger partial charge in [-0.05, 0) is 43.9 Å². The van der Waals surface area contributed by atoms with Gasteiger partial charge in [-0.2, -0.15) is 0 Å². The van der Waals surface area contributed by atoms with Crippen molar-refractivity contribution in [1.29, 1.82) is 0 Å². The van der Waals surface area contributed by atoms with Crippen LogP contribution in [0.2, 0.25) is 0 Å². The smallest absolute Gasteiger partial charge is 0.133 e. The molecule has 2 bridgehead atoms. The quantitative estimate of drug-likeness (QED) is 0.569. The summed E-state index contributed by atoms with van der Waals surface area (Å²) in [6, 6.07) is 0. The topological polar surface area (TPSA) is 37.3 Å². The SMILES string of the molecule is O=C1CC2C=C(CCCCO)CC(C1)C2. The number of rotatable bonds is 4. The summed E-state index contributed by atoms with van der Waals surface area (Å²) < 4.78 is 0. The number of Topliss-reactive ketones (excluding diaryl/α,β-unsaturated/α-hetero) is 1. The predicted molar refractivity (Wildman–Crippen MR) is 59.5 cm³/mol. The van der Waals surface area contributed by atoms with Crippen molar-refractivity contribution in [3.8, 4) is 0 Å². The fourth-order valence-corrected chi connectivity index (χ4v) is 3.00. The highest BCUT2D eigenvalue weighted by Crippen LogP contribution is 2.38. The maximum Gasteiger partial charge on any atom is 0.133 e. The highest BCUT2D eigenvalue weighted by atomic mass is 16.2. The molecule has 15 heavy (non-hydrogen) atoms. The van der Waals surface area contributed by atoms with Crippen LogP contribution in [0.15, 0.2) is 11.6 Å². The molecule has 84 valence electrons. The minimum atomic E-state index is 0.304. The lowest BCUT2D eigenvalue weighted by atomic mass is 9.72. The van der Waals surface area contributed by atoms with Crippen molar-refractivity contribution in [2.45, 2.75) is 44.9 Å². The van der Waals surface area contributed by atoms with Crippen molar-refractivity contribution in [3.63, 3.8) is 0 Å². The third kappa shape index (κ3) is 2.91. The average molecular weight is 208 g/mol. The van der Waals surface area contributed by atoms with Gasteiger partial charge in [0.1, 0.15) is 5.78 Å². The van der Waals surface area contributed by atoms with Crippen LogP contribution in [-0.4, -0.2) is 17.5 Å². The van der Waals surface area contributed by atoms with E-state index in [1.54, 1.807) is 0 Å². The van der Waals surface area contributed by atoms with Crippen molar-refractivity contribution >= 4 is 5.78 Å². The minimum Gasteiger partial charge on any atom is -0.396 e. The molecule has 2 aliphatic carbocycles. The second-order valence-corrected chi connectivity index (χ2v) is 5.02. The molecule has 1 N–H and O–H groups in total. The second-order valence-electron chi connectivity index (χ2n) is 5.02. The maximum absolute atomic E-state index is 11.4. The Hall–Kier alpha value is -0.630. The molecule has 2 nitrogen and oxygen atoms in total. The highest BCUT2D eigenvalue weighted by molar-refractivity contribution is 5.80. The number of unbranched alkanes of at least 4 members (excludes halogenated alkanes) is 1. The number of carbonyl (C=O) groups excluding carboxylic acids is 1. The van der Waals surface area contributed by atoms with Crippen LogP contribution in [0, 0.1) is 11.8 Å². The molecular formula is C13H20O2. The number of aliphatic hydroxyl groups excluding tert-OH is 1. The minimum absolute atomic E-state index is 0.304. The summed E-state index contributed by atoms with van der Waals surface area (Å²) in [6.07, 6.45) is 9.42. The largest absolute Gasteiger partial charge is 0.396 e. The van der Waals surface area contributed by atoms with Gasteiger partial charge >= 0.3 is 0 Å². The Balaban J connectivity index is 1.89. The number of hydrogen-bond donors (Lipinski definition) is 1. The van der Waals surface area contributed by atoms with Crippen molar-refractivity contribution in [2.24, 2.45) is 11.8 Å². The zero-order valence-electron chi connectivity index (χ0n) is 9.24. The van der Waals surface area contributed by atoms with Gasteiger partial charge < -0.3 is 5.11 Å². The second kappa shape index (κ2) is 4.93. The fraction of sp³-hybridized carbons (Fsp3) is 0.769. The highest BCUT2D eigenvalue weighted by Gasteiger charge is 2.30. The van der Waals surface area contributed by atoms with Crippen molar-refractivity contribution < 1.29 is 9.90 Å². The average Bonchev–Trinajstić information content (AvgIpc) is 2.16. The van der Waals surface area contributed by atoms with Crippen molar-refractivity contribution in [3.05, 3.63) is 11.6 Å². The van der Waals surface area contributed by atoms with Gasteiger partial charge in [0.05, 0.1) is 0 Å². The molecule has 2 aliphatic rings. The molecule has 2 unspecified atom stereocenters. The Bertz CT molecular complexity index is 268. The molecular weight excluding hydrogens is 188 g/mol. The molecule has 2 heteroatoms. The lowest BCUT2D eigenvalue weighted by molar-refractivity contribution is -0.122. The summed E-state index contributed by atoms with van der Waals surface area (Å²) in [7, 11) is 0. The zero-order chi connectivity index (χ0) is 10.7. The van der Waals surface area contributed by atoms with Crippen LogP contribution in [0.5, 0.6) is 0 Å². The summed E-state index contributed by atoms with van der Waals surface area (Å²) in [5.74, 6) is 1.63. The molecule has 1 saturated carbocycles. The number of hydrogen-bond acceptors (Lipinski definition) is 2. The first-order valence-electron chi connectivity index (χ1n) is 6.10. The van der Waals surface area contributed by atoms with Gasteiger partial charge in [-0.3, -0.25) is 4.79 Å². The summed E-state index contributed by atoms with van der Waals surface area (Å²) in [5.41, 5.74) is 1.54. The first-order chi connectivity index (χ1) is 7.28. The number of fused-ring (bicyclic) bond motifs is 2. The summed E-state index contributed by atoms with van der Waals surface area (Å²) in [5, 5.41) is 8.73. The van der Waals surface area contributed by atoms with E-state index in [0.717, 1.165) is 38.5 Å². The van der Waals surface area contributed by atoms with Gasteiger partial charge in [-0.1, -0.05) is 11.6 Å². The Kier molecular flexibility index (Phi) is 3.57. The van der Waals surface area contributed by atoms with Gasteiger partial charge in [0.15, 0.2) is 0 Å². The van der Waals surface area contributed by atoms with Gasteiger partial charge in [0, 0.05) is 19.4 Å². The lowest BCUT2D eigenvalue weighted by Crippen LogP contribution is -2.25. The molecule has 0 aromatic rings. The fourth-order valence-electron chi connectivity index (χ4n) is 3.00. The maximum atomic E-state index is 11.4. The molecule has 0 saturated heterocycles. The van der Waals surface area contributed by atoms with Crippen LogP contribution >= 0.6 is 0 Å². The number of allylic oxidation sites excluding steroid dienone is 2. The van der Waals surface area contributed by atoms with Crippen LogP contribution in [0.4, 0.5) is 0 Å². The summed E-state index contributed by atoms with van der Waals surface area (Å²) in [6.45, 7) is 0.304. The molecule has 0 heterocycles.